The molecule has 0 unspecified atom stereocenters. The molecule has 0 amide bonds. The smallest absolute Gasteiger partial charge is 0.333 e. The molecule has 0 aromatic carbocycles. The van der Waals surface area contributed by atoms with Crippen molar-refractivity contribution in [3.8, 4) is 0 Å². The van der Waals surface area contributed by atoms with E-state index in [2.05, 4.69) is 6.58 Å². The van der Waals surface area contributed by atoms with E-state index in [4.69, 9.17) is 9.15 Å². The molecule has 0 fully saturated rings. The fraction of sp³-hybridized carbons (Fsp3) is 0.364. The van der Waals surface area contributed by atoms with Crippen LogP contribution in [-0.2, 0) is 15.1 Å². The van der Waals surface area contributed by atoms with E-state index in [9.17, 15) is 4.79 Å². The molecule has 3 heteroatoms. The lowest BCUT2D eigenvalue weighted by Gasteiger charge is -2.23. The van der Waals surface area contributed by atoms with Crippen LogP contribution in [0.3, 0.4) is 0 Å². The summed E-state index contributed by atoms with van der Waals surface area (Å²) in [5, 5.41) is 0. The predicted octanol–water partition coefficient (Wildman–Crippen LogP) is 2.63. The van der Waals surface area contributed by atoms with Gasteiger partial charge in [-0.05, 0) is 26.8 Å². The third kappa shape index (κ3) is 2.25. The summed E-state index contributed by atoms with van der Waals surface area (Å²) in [6.45, 7) is 8.75. The maximum Gasteiger partial charge on any atom is 0.333 e. The minimum Gasteiger partial charge on any atom is -0.472 e. The number of furan rings is 1. The molecule has 0 spiro atoms. The van der Waals surface area contributed by atoms with Gasteiger partial charge in [-0.15, -0.1) is 0 Å². The van der Waals surface area contributed by atoms with Crippen molar-refractivity contribution >= 4 is 5.97 Å². The molecule has 0 saturated heterocycles. The van der Waals surface area contributed by atoms with Crippen LogP contribution in [-0.4, -0.2) is 5.97 Å². The Hall–Kier alpha value is -1.51. The van der Waals surface area contributed by atoms with Gasteiger partial charge in [0.15, 0.2) is 0 Å². The van der Waals surface area contributed by atoms with Gasteiger partial charge in [-0.2, -0.15) is 0 Å². The number of rotatable bonds is 3. The molecule has 1 rings (SSSR count). The average molecular weight is 194 g/mol. The van der Waals surface area contributed by atoms with E-state index in [0.29, 0.717) is 5.57 Å². The molecule has 0 aliphatic heterocycles. The Morgan fingerprint density at radius 1 is 1.57 bits per heavy atom. The maximum absolute atomic E-state index is 11.3. The highest BCUT2D eigenvalue weighted by Gasteiger charge is 2.26. The largest absolute Gasteiger partial charge is 0.472 e. The zero-order chi connectivity index (χ0) is 10.8. The molecule has 3 nitrogen and oxygen atoms in total. The fourth-order valence-corrected chi connectivity index (χ4v) is 0.985. The summed E-state index contributed by atoms with van der Waals surface area (Å²) in [6.07, 6.45) is 3.11. The molecule has 14 heavy (non-hydrogen) atoms. The first-order valence-electron chi connectivity index (χ1n) is 4.35. The minimum absolute atomic E-state index is 0.390. The first-order valence-corrected chi connectivity index (χ1v) is 4.35. The topological polar surface area (TPSA) is 39.4 Å². The summed E-state index contributed by atoms with van der Waals surface area (Å²) in [5.74, 6) is -0.392. The van der Waals surface area contributed by atoms with Crippen LogP contribution in [0, 0.1) is 0 Å². The Morgan fingerprint density at radius 2 is 2.21 bits per heavy atom. The molecule has 1 aromatic heterocycles. The van der Waals surface area contributed by atoms with Crippen LogP contribution in [0.15, 0.2) is 35.2 Å². The van der Waals surface area contributed by atoms with Crippen LogP contribution in [0.1, 0.15) is 26.3 Å². The monoisotopic (exact) mass is 194 g/mol. The lowest BCUT2D eigenvalue weighted by Crippen LogP contribution is -2.25. The third-order valence-corrected chi connectivity index (χ3v) is 1.91. The predicted molar refractivity (Wildman–Crippen MR) is 52.6 cm³/mol. The van der Waals surface area contributed by atoms with Crippen LogP contribution in [0.25, 0.3) is 0 Å². The highest BCUT2D eigenvalue weighted by atomic mass is 16.6. The molecule has 0 saturated carbocycles. The fourth-order valence-electron chi connectivity index (χ4n) is 0.985. The quantitative estimate of drug-likeness (QED) is 0.548. The second-order valence-corrected chi connectivity index (χ2v) is 3.69. The molecule has 0 aliphatic carbocycles. The molecule has 1 heterocycles. The van der Waals surface area contributed by atoms with Crippen molar-refractivity contribution in [3.05, 3.63) is 36.3 Å². The van der Waals surface area contributed by atoms with Gasteiger partial charge in [0.2, 0.25) is 0 Å². The van der Waals surface area contributed by atoms with E-state index in [1.807, 2.05) is 0 Å². The Kier molecular flexibility index (Phi) is 2.79. The van der Waals surface area contributed by atoms with Crippen LogP contribution in [0.4, 0.5) is 0 Å². The van der Waals surface area contributed by atoms with Gasteiger partial charge >= 0.3 is 5.97 Å². The van der Waals surface area contributed by atoms with Crippen molar-refractivity contribution < 1.29 is 13.9 Å². The average Bonchev–Trinajstić information content (AvgIpc) is 2.54. The number of hydrogen-bond acceptors (Lipinski definition) is 3. The zero-order valence-corrected chi connectivity index (χ0v) is 8.66. The van der Waals surface area contributed by atoms with Gasteiger partial charge in [0.25, 0.3) is 0 Å². The Bertz CT molecular complexity index is 333. The van der Waals surface area contributed by atoms with Crippen molar-refractivity contribution in [1.29, 1.82) is 0 Å². The summed E-state index contributed by atoms with van der Waals surface area (Å²) >= 11 is 0. The highest BCUT2D eigenvalue weighted by molar-refractivity contribution is 5.87. The Balaban J connectivity index is 2.77. The van der Waals surface area contributed by atoms with E-state index in [0.717, 1.165) is 5.56 Å². The summed E-state index contributed by atoms with van der Waals surface area (Å²) < 4.78 is 10.2. The van der Waals surface area contributed by atoms with Crippen molar-refractivity contribution in [2.75, 3.05) is 0 Å². The van der Waals surface area contributed by atoms with Crippen LogP contribution in [0.2, 0.25) is 0 Å². The Labute approximate surface area is 83.4 Å². The molecule has 0 radical (unpaired) electrons. The maximum atomic E-state index is 11.3. The molecule has 0 atom stereocenters. The summed E-state index contributed by atoms with van der Waals surface area (Å²) in [4.78, 5) is 11.3. The Morgan fingerprint density at radius 3 is 2.64 bits per heavy atom. The van der Waals surface area contributed by atoms with Crippen molar-refractivity contribution in [2.24, 2.45) is 0 Å². The van der Waals surface area contributed by atoms with Gasteiger partial charge in [0, 0.05) is 11.1 Å². The van der Waals surface area contributed by atoms with Gasteiger partial charge in [0.1, 0.15) is 5.60 Å². The first kappa shape index (κ1) is 10.6. The molecule has 76 valence electrons. The van der Waals surface area contributed by atoms with Crippen molar-refractivity contribution in [2.45, 2.75) is 26.4 Å². The van der Waals surface area contributed by atoms with Crippen molar-refractivity contribution in [3.63, 3.8) is 0 Å². The van der Waals surface area contributed by atoms with Gasteiger partial charge in [-0.1, -0.05) is 6.58 Å². The normalized spacial score (nSPS) is 11.1. The standard InChI is InChI=1S/C11H14O3/c1-8(2)10(12)14-11(3,4)9-5-6-13-7-9/h5-7H,1H2,2-4H3. The van der Waals surface area contributed by atoms with Crippen molar-refractivity contribution in [1.82, 2.24) is 0 Å². The molecule has 0 aliphatic rings. The SMILES string of the molecule is C=C(C)C(=O)OC(C)(C)c1ccoc1. The number of carbonyl (C=O) groups is 1. The van der Waals surface area contributed by atoms with E-state index < -0.39 is 11.6 Å². The van der Waals surface area contributed by atoms with E-state index in [1.54, 1.807) is 39.4 Å². The summed E-state index contributed by atoms with van der Waals surface area (Å²) in [5.41, 5.74) is 0.539. The molecule has 0 bridgehead atoms. The second kappa shape index (κ2) is 3.70. The number of ether oxygens (including phenoxy) is 1. The van der Waals surface area contributed by atoms with E-state index >= 15 is 0 Å². The van der Waals surface area contributed by atoms with E-state index in [-0.39, 0.29) is 0 Å². The third-order valence-electron chi connectivity index (χ3n) is 1.91. The number of esters is 1. The number of carbonyl (C=O) groups excluding carboxylic acids is 1. The molecular weight excluding hydrogens is 180 g/mol. The van der Waals surface area contributed by atoms with Crippen LogP contribution >= 0.6 is 0 Å². The lowest BCUT2D eigenvalue weighted by atomic mass is 10.0. The minimum atomic E-state index is -0.678. The zero-order valence-electron chi connectivity index (χ0n) is 8.66. The lowest BCUT2D eigenvalue weighted by molar-refractivity contribution is -0.152. The number of hydrogen-bond donors (Lipinski definition) is 0. The van der Waals surface area contributed by atoms with Gasteiger partial charge in [0.05, 0.1) is 12.5 Å². The first-order chi connectivity index (χ1) is 6.43. The molecule has 1 aromatic rings. The van der Waals surface area contributed by atoms with Gasteiger partial charge in [-0.3, -0.25) is 0 Å². The summed E-state index contributed by atoms with van der Waals surface area (Å²) in [7, 11) is 0. The molecule has 0 N–H and O–H groups in total. The summed E-state index contributed by atoms with van der Waals surface area (Å²) in [6, 6.07) is 1.77. The molecular formula is C11H14O3. The van der Waals surface area contributed by atoms with Gasteiger partial charge in [-0.25, -0.2) is 4.79 Å². The van der Waals surface area contributed by atoms with Gasteiger partial charge < -0.3 is 9.15 Å². The second-order valence-electron chi connectivity index (χ2n) is 3.69. The van der Waals surface area contributed by atoms with Crippen LogP contribution < -0.4 is 0 Å². The highest BCUT2D eigenvalue weighted by Crippen LogP contribution is 2.25. The van der Waals surface area contributed by atoms with E-state index in [1.165, 1.54) is 0 Å². The van der Waals surface area contributed by atoms with Crippen LogP contribution in [0.5, 0.6) is 0 Å².